The van der Waals surface area contributed by atoms with Crippen molar-refractivity contribution in [3.8, 4) is 5.75 Å². The summed E-state index contributed by atoms with van der Waals surface area (Å²) in [6, 6.07) is 19.7. The van der Waals surface area contributed by atoms with Crippen LogP contribution in [0.2, 0.25) is 10.0 Å². The van der Waals surface area contributed by atoms with Gasteiger partial charge in [0.15, 0.2) is 6.10 Å². The lowest BCUT2D eigenvalue weighted by Gasteiger charge is -2.34. The van der Waals surface area contributed by atoms with E-state index in [1.807, 2.05) is 0 Å². The van der Waals surface area contributed by atoms with E-state index in [2.05, 4.69) is 5.32 Å². The zero-order valence-electron chi connectivity index (χ0n) is 16.2. The molecular formula is C22H18Cl2N2O4S. The molecule has 0 aliphatic carbocycles. The number of para-hydroxylation sites is 2. The second-order valence-corrected chi connectivity index (χ2v) is 9.64. The molecule has 4 rings (SSSR count). The summed E-state index contributed by atoms with van der Waals surface area (Å²) < 4.78 is 33.7. The third-order valence-electron chi connectivity index (χ3n) is 4.81. The Hall–Kier alpha value is -2.74. The van der Waals surface area contributed by atoms with Gasteiger partial charge in [0.1, 0.15) is 5.75 Å². The van der Waals surface area contributed by atoms with Crippen LogP contribution in [-0.2, 0) is 21.4 Å². The molecule has 1 aliphatic heterocycles. The molecular weight excluding hydrogens is 459 g/mol. The van der Waals surface area contributed by atoms with Crippen LogP contribution in [0.25, 0.3) is 0 Å². The molecule has 0 saturated heterocycles. The molecule has 0 radical (unpaired) electrons. The first-order chi connectivity index (χ1) is 14.8. The van der Waals surface area contributed by atoms with Gasteiger partial charge in [-0.25, -0.2) is 8.42 Å². The summed E-state index contributed by atoms with van der Waals surface area (Å²) >= 11 is 11.8. The van der Waals surface area contributed by atoms with Crippen molar-refractivity contribution in [1.29, 1.82) is 0 Å². The van der Waals surface area contributed by atoms with Gasteiger partial charge in [-0.15, -0.1) is 0 Å². The lowest BCUT2D eigenvalue weighted by atomic mass is 10.2. The molecule has 0 fully saturated rings. The maximum Gasteiger partial charge on any atom is 0.264 e. The fraction of sp³-hybridized carbons (Fsp3) is 0.136. The Bertz CT molecular complexity index is 1200. The third kappa shape index (κ3) is 4.63. The lowest BCUT2D eigenvalue weighted by Crippen LogP contribution is -2.50. The predicted octanol–water partition coefficient (Wildman–Crippen LogP) is 4.27. The zero-order chi connectivity index (χ0) is 22.0. The number of fused-ring (bicyclic) bond motifs is 1. The van der Waals surface area contributed by atoms with Crippen molar-refractivity contribution in [2.75, 3.05) is 10.8 Å². The number of benzene rings is 3. The fourth-order valence-electron chi connectivity index (χ4n) is 3.21. The van der Waals surface area contributed by atoms with Crippen LogP contribution in [0.5, 0.6) is 5.75 Å². The van der Waals surface area contributed by atoms with Gasteiger partial charge in [-0.1, -0.05) is 47.5 Å². The number of anilines is 1. The minimum Gasteiger partial charge on any atom is -0.476 e. The smallest absolute Gasteiger partial charge is 0.264 e. The normalized spacial score (nSPS) is 15.7. The third-order valence-corrected chi connectivity index (χ3v) is 7.11. The molecule has 160 valence electrons. The standard InChI is InChI=1S/C22H18Cl2N2O4S/c23-16-7-5-15(6-8-16)13-25-22(27)21-14-26(19-3-1-2-4-20(19)30-21)31(28,29)18-11-9-17(24)10-12-18/h1-12,21H,13-14H2,(H,25,27)/t21-/m1/s1. The molecule has 3 aromatic carbocycles. The van der Waals surface area contributed by atoms with E-state index in [0.717, 1.165) is 5.56 Å². The Morgan fingerprint density at radius 2 is 1.58 bits per heavy atom. The average molecular weight is 477 g/mol. The Kier molecular flexibility index (Phi) is 6.09. The van der Waals surface area contributed by atoms with Gasteiger partial charge >= 0.3 is 0 Å². The summed E-state index contributed by atoms with van der Waals surface area (Å²) in [6.07, 6.45) is -1.01. The van der Waals surface area contributed by atoms with Crippen molar-refractivity contribution in [3.05, 3.63) is 88.4 Å². The first-order valence-electron chi connectivity index (χ1n) is 9.41. The van der Waals surface area contributed by atoms with Gasteiger partial charge in [-0.3, -0.25) is 9.10 Å². The summed E-state index contributed by atoms with van der Waals surface area (Å²) in [7, 11) is -3.93. The minimum atomic E-state index is -3.93. The SMILES string of the molecule is O=C(NCc1ccc(Cl)cc1)[C@H]1CN(S(=O)(=O)c2ccc(Cl)cc2)c2ccccc2O1. The van der Waals surface area contributed by atoms with Gasteiger partial charge in [0.25, 0.3) is 15.9 Å². The molecule has 1 atom stereocenters. The molecule has 0 unspecified atom stereocenters. The molecule has 1 aliphatic rings. The van der Waals surface area contributed by atoms with E-state index in [-0.39, 0.29) is 18.0 Å². The topological polar surface area (TPSA) is 75.7 Å². The number of halogens is 2. The Labute approximate surface area is 190 Å². The Balaban J connectivity index is 1.58. The van der Waals surface area contributed by atoms with Crippen molar-refractivity contribution in [2.45, 2.75) is 17.5 Å². The molecule has 1 heterocycles. The fourth-order valence-corrected chi connectivity index (χ4v) is 4.93. The van der Waals surface area contributed by atoms with E-state index in [4.69, 9.17) is 27.9 Å². The molecule has 6 nitrogen and oxygen atoms in total. The van der Waals surface area contributed by atoms with E-state index in [0.29, 0.717) is 21.5 Å². The summed E-state index contributed by atoms with van der Waals surface area (Å²) in [5, 5.41) is 3.83. The summed E-state index contributed by atoms with van der Waals surface area (Å²) in [4.78, 5) is 12.9. The van der Waals surface area contributed by atoms with Crippen molar-refractivity contribution >= 4 is 44.8 Å². The second kappa shape index (κ2) is 8.78. The van der Waals surface area contributed by atoms with Crippen LogP contribution in [-0.4, -0.2) is 27.0 Å². The molecule has 0 saturated carbocycles. The van der Waals surface area contributed by atoms with Crippen LogP contribution in [0.15, 0.2) is 77.7 Å². The molecule has 1 N–H and O–H groups in total. The number of carbonyl (C=O) groups excluding carboxylic acids is 1. The highest BCUT2D eigenvalue weighted by molar-refractivity contribution is 7.92. The highest BCUT2D eigenvalue weighted by atomic mass is 35.5. The van der Waals surface area contributed by atoms with Gasteiger partial charge in [-0.2, -0.15) is 0 Å². The average Bonchev–Trinajstić information content (AvgIpc) is 2.78. The first kappa shape index (κ1) is 21.5. The maximum absolute atomic E-state index is 13.3. The molecule has 0 aromatic heterocycles. The molecule has 1 amide bonds. The highest BCUT2D eigenvalue weighted by Crippen LogP contribution is 2.37. The quantitative estimate of drug-likeness (QED) is 0.596. The predicted molar refractivity (Wildman–Crippen MR) is 120 cm³/mol. The van der Waals surface area contributed by atoms with Crippen LogP contribution in [0.1, 0.15) is 5.56 Å². The zero-order valence-corrected chi connectivity index (χ0v) is 18.5. The van der Waals surface area contributed by atoms with Gasteiger partial charge in [0.05, 0.1) is 17.1 Å². The van der Waals surface area contributed by atoms with E-state index in [9.17, 15) is 13.2 Å². The number of hydrogen-bond acceptors (Lipinski definition) is 4. The number of carbonyl (C=O) groups is 1. The van der Waals surface area contributed by atoms with Gasteiger partial charge in [0.2, 0.25) is 0 Å². The maximum atomic E-state index is 13.3. The number of sulfonamides is 1. The van der Waals surface area contributed by atoms with Crippen LogP contribution >= 0.6 is 23.2 Å². The molecule has 3 aromatic rings. The van der Waals surface area contributed by atoms with E-state index in [1.165, 1.54) is 28.6 Å². The summed E-state index contributed by atoms with van der Waals surface area (Å²) in [5.74, 6) is -0.0984. The van der Waals surface area contributed by atoms with E-state index >= 15 is 0 Å². The number of nitrogens with one attached hydrogen (secondary N) is 1. The molecule has 0 spiro atoms. The number of rotatable bonds is 5. The van der Waals surface area contributed by atoms with Crippen LogP contribution in [0.4, 0.5) is 5.69 Å². The molecule has 0 bridgehead atoms. The van der Waals surface area contributed by atoms with Crippen LogP contribution in [0.3, 0.4) is 0 Å². The summed E-state index contributed by atoms with van der Waals surface area (Å²) in [6.45, 7) is 0.107. The number of ether oxygens (including phenoxy) is 1. The first-order valence-corrected chi connectivity index (χ1v) is 11.6. The van der Waals surface area contributed by atoms with Gasteiger partial charge in [-0.05, 0) is 54.1 Å². The van der Waals surface area contributed by atoms with Gasteiger partial charge in [0, 0.05) is 16.6 Å². The number of amides is 1. The van der Waals surface area contributed by atoms with Gasteiger partial charge < -0.3 is 10.1 Å². The summed E-state index contributed by atoms with van der Waals surface area (Å²) in [5.41, 5.74) is 1.24. The van der Waals surface area contributed by atoms with E-state index in [1.54, 1.807) is 48.5 Å². The highest BCUT2D eigenvalue weighted by Gasteiger charge is 2.37. The van der Waals surface area contributed by atoms with Crippen molar-refractivity contribution in [1.82, 2.24) is 5.32 Å². The molecule has 31 heavy (non-hydrogen) atoms. The Morgan fingerprint density at radius 3 is 2.26 bits per heavy atom. The van der Waals surface area contributed by atoms with Crippen LogP contribution < -0.4 is 14.4 Å². The Morgan fingerprint density at radius 1 is 0.968 bits per heavy atom. The second-order valence-electron chi connectivity index (χ2n) is 6.91. The number of nitrogens with zero attached hydrogens (tertiary/aromatic N) is 1. The minimum absolute atomic E-state index is 0.0777. The van der Waals surface area contributed by atoms with Crippen LogP contribution in [0, 0.1) is 0 Å². The number of hydrogen-bond donors (Lipinski definition) is 1. The molecule has 9 heteroatoms. The van der Waals surface area contributed by atoms with Crippen molar-refractivity contribution in [3.63, 3.8) is 0 Å². The monoisotopic (exact) mass is 476 g/mol. The lowest BCUT2D eigenvalue weighted by molar-refractivity contribution is -0.127. The van der Waals surface area contributed by atoms with E-state index < -0.39 is 22.0 Å². The largest absolute Gasteiger partial charge is 0.476 e. The van der Waals surface area contributed by atoms with Crippen molar-refractivity contribution in [2.24, 2.45) is 0 Å². The van der Waals surface area contributed by atoms with Crippen molar-refractivity contribution < 1.29 is 17.9 Å².